The zero-order chi connectivity index (χ0) is 18.5. The first-order valence-electron chi connectivity index (χ1n) is 7.57. The molecule has 0 radical (unpaired) electrons. The summed E-state index contributed by atoms with van der Waals surface area (Å²) in [4.78, 5) is 11.7. The van der Waals surface area contributed by atoms with E-state index < -0.39 is 27.8 Å². The van der Waals surface area contributed by atoms with E-state index in [0.29, 0.717) is 10.6 Å². The summed E-state index contributed by atoms with van der Waals surface area (Å²) in [7, 11) is -2.07. The minimum absolute atomic E-state index is 0.131. The van der Waals surface area contributed by atoms with E-state index in [-0.39, 0.29) is 12.3 Å². The first-order valence-corrected chi connectivity index (χ1v) is 9.56. The second kappa shape index (κ2) is 8.18. The van der Waals surface area contributed by atoms with Crippen LogP contribution in [0.4, 0.5) is 4.79 Å². The Bertz CT molecular complexity index is 671. The van der Waals surface area contributed by atoms with Crippen LogP contribution < -0.4 is 5.32 Å². The van der Waals surface area contributed by atoms with Crippen LogP contribution in [0.1, 0.15) is 33.3 Å². The number of halogens is 1. The molecular formula is C16H25ClN2O4S. The fourth-order valence-corrected chi connectivity index (χ4v) is 3.57. The van der Waals surface area contributed by atoms with E-state index in [0.717, 1.165) is 0 Å². The Balaban J connectivity index is 2.64. The minimum Gasteiger partial charge on any atom is -0.444 e. The van der Waals surface area contributed by atoms with Crippen LogP contribution in [0.15, 0.2) is 24.3 Å². The van der Waals surface area contributed by atoms with Crippen LogP contribution in [0.2, 0.25) is 5.02 Å². The van der Waals surface area contributed by atoms with E-state index in [2.05, 4.69) is 5.32 Å². The Morgan fingerprint density at radius 3 is 2.46 bits per heavy atom. The van der Waals surface area contributed by atoms with Gasteiger partial charge in [-0.05, 0) is 39.3 Å². The van der Waals surface area contributed by atoms with Gasteiger partial charge in [-0.3, -0.25) is 0 Å². The number of sulfonamides is 1. The van der Waals surface area contributed by atoms with Crippen molar-refractivity contribution in [3.05, 3.63) is 34.9 Å². The molecule has 1 rings (SSSR count). The second-order valence-corrected chi connectivity index (χ2v) is 9.16. The van der Waals surface area contributed by atoms with Crippen molar-refractivity contribution in [2.75, 3.05) is 13.6 Å². The summed E-state index contributed by atoms with van der Waals surface area (Å²) >= 11 is 6.01. The Kier molecular flexibility index (Phi) is 7.07. The van der Waals surface area contributed by atoms with Gasteiger partial charge in [-0.1, -0.05) is 29.8 Å². The summed E-state index contributed by atoms with van der Waals surface area (Å²) < 4.78 is 31.2. The smallest absolute Gasteiger partial charge is 0.407 e. The summed E-state index contributed by atoms with van der Waals surface area (Å²) in [5, 5.41) is 3.03. The van der Waals surface area contributed by atoms with Crippen molar-refractivity contribution in [3.63, 3.8) is 0 Å². The topological polar surface area (TPSA) is 75.7 Å². The van der Waals surface area contributed by atoms with Gasteiger partial charge < -0.3 is 10.1 Å². The highest BCUT2D eigenvalue weighted by atomic mass is 35.5. The van der Waals surface area contributed by atoms with Gasteiger partial charge in [-0.2, -0.15) is 0 Å². The molecule has 1 aromatic rings. The fourth-order valence-electron chi connectivity index (χ4n) is 1.98. The maximum atomic E-state index is 12.4. The Morgan fingerprint density at radius 2 is 1.92 bits per heavy atom. The molecule has 0 saturated heterocycles. The third-order valence-electron chi connectivity index (χ3n) is 3.06. The van der Waals surface area contributed by atoms with Gasteiger partial charge in [0.1, 0.15) is 5.60 Å². The van der Waals surface area contributed by atoms with E-state index in [9.17, 15) is 13.2 Å². The normalized spacial score (nSPS) is 13.6. The number of carbonyl (C=O) groups excluding carboxylic acids is 1. The van der Waals surface area contributed by atoms with E-state index in [1.807, 2.05) is 0 Å². The third kappa shape index (κ3) is 7.07. The van der Waals surface area contributed by atoms with Crippen LogP contribution >= 0.6 is 11.6 Å². The zero-order valence-electron chi connectivity index (χ0n) is 14.7. The SMILES string of the molecule is C[C@@H](CN(C)S(=O)(=O)Cc1ccccc1Cl)NC(=O)OC(C)(C)C. The summed E-state index contributed by atoms with van der Waals surface area (Å²) in [5.74, 6) is -0.192. The molecule has 0 aliphatic rings. The van der Waals surface area contributed by atoms with Crippen LogP contribution in [0.25, 0.3) is 0 Å². The molecule has 8 heteroatoms. The van der Waals surface area contributed by atoms with Gasteiger partial charge in [0.05, 0.1) is 5.75 Å². The Hall–Kier alpha value is -1.31. The number of nitrogens with one attached hydrogen (secondary N) is 1. The van der Waals surface area contributed by atoms with Gasteiger partial charge in [-0.25, -0.2) is 17.5 Å². The van der Waals surface area contributed by atoms with Crippen LogP contribution in [0.3, 0.4) is 0 Å². The lowest BCUT2D eigenvalue weighted by molar-refractivity contribution is 0.0504. The molecule has 1 aromatic carbocycles. The summed E-state index contributed by atoms with van der Waals surface area (Å²) in [6.45, 7) is 7.13. The van der Waals surface area contributed by atoms with Crippen molar-refractivity contribution in [2.24, 2.45) is 0 Å². The van der Waals surface area contributed by atoms with Crippen LogP contribution in [-0.4, -0.2) is 44.1 Å². The van der Waals surface area contributed by atoms with Crippen molar-refractivity contribution >= 4 is 27.7 Å². The highest BCUT2D eigenvalue weighted by molar-refractivity contribution is 7.88. The summed E-state index contributed by atoms with van der Waals surface area (Å²) in [5.41, 5.74) is -0.0648. The third-order valence-corrected chi connectivity index (χ3v) is 5.21. The lowest BCUT2D eigenvalue weighted by atomic mass is 10.2. The van der Waals surface area contributed by atoms with Crippen molar-refractivity contribution < 1.29 is 17.9 Å². The molecule has 0 unspecified atom stereocenters. The van der Waals surface area contributed by atoms with Crippen molar-refractivity contribution in [2.45, 2.75) is 45.1 Å². The monoisotopic (exact) mass is 376 g/mol. The van der Waals surface area contributed by atoms with Crippen molar-refractivity contribution in [1.82, 2.24) is 9.62 Å². The predicted octanol–water partition coefficient (Wildman–Crippen LogP) is 3.01. The van der Waals surface area contributed by atoms with Gasteiger partial charge in [0.25, 0.3) is 0 Å². The number of nitrogens with zero attached hydrogens (tertiary/aromatic N) is 1. The van der Waals surface area contributed by atoms with Crippen LogP contribution in [0.5, 0.6) is 0 Å². The van der Waals surface area contributed by atoms with Crippen molar-refractivity contribution in [1.29, 1.82) is 0 Å². The number of rotatable bonds is 6. The van der Waals surface area contributed by atoms with E-state index in [1.165, 1.54) is 11.4 Å². The quantitative estimate of drug-likeness (QED) is 0.828. The highest BCUT2D eigenvalue weighted by Crippen LogP contribution is 2.19. The molecule has 0 spiro atoms. The first-order chi connectivity index (χ1) is 10.9. The number of hydrogen-bond acceptors (Lipinski definition) is 4. The molecule has 0 saturated carbocycles. The van der Waals surface area contributed by atoms with Gasteiger partial charge >= 0.3 is 6.09 Å². The summed E-state index contributed by atoms with van der Waals surface area (Å²) in [6, 6.07) is 6.42. The molecule has 0 fully saturated rings. The first kappa shape index (κ1) is 20.7. The van der Waals surface area contributed by atoms with Crippen LogP contribution in [-0.2, 0) is 20.5 Å². The molecule has 1 atom stereocenters. The lowest BCUT2D eigenvalue weighted by Crippen LogP contribution is -2.44. The number of benzene rings is 1. The van der Waals surface area contributed by atoms with Crippen LogP contribution in [0, 0.1) is 0 Å². The predicted molar refractivity (Wildman–Crippen MR) is 95.5 cm³/mol. The van der Waals surface area contributed by atoms with Gasteiger partial charge in [0.15, 0.2) is 0 Å². The molecule has 0 heterocycles. The molecule has 0 aromatic heterocycles. The number of ether oxygens (including phenoxy) is 1. The largest absolute Gasteiger partial charge is 0.444 e. The minimum atomic E-state index is -3.55. The Morgan fingerprint density at radius 1 is 1.33 bits per heavy atom. The lowest BCUT2D eigenvalue weighted by Gasteiger charge is -2.24. The van der Waals surface area contributed by atoms with Gasteiger partial charge in [-0.15, -0.1) is 0 Å². The molecule has 6 nitrogen and oxygen atoms in total. The Labute approximate surface area is 149 Å². The maximum absolute atomic E-state index is 12.4. The van der Waals surface area contributed by atoms with E-state index in [4.69, 9.17) is 16.3 Å². The number of amides is 1. The molecule has 0 aliphatic carbocycles. The average molecular weight is 377 g/mol. The fraction of sp³-hybridized carbons (Fsp3) is 0.562. The molecule has 1 N–H and O–H groups in total. The molecule has 24 heavy (non-hydrogen) atoms. The highest BCUT2D eigenvalue weighted by Gasteiger charge is 2.23. The number of likely N-dealkylation sites (N-methyl/N-ethyl adjacent to an activating group) is 1. The molecule has 1 amide bonds. The van der Waals surface area contributed by atoms with Crippen molar-refractivity contribution in [3.8, 4) is 0 Å². The average Bonchev–Trinajstić information content (AvgIpc) is 2.38. The number of alkyl carbamates (subject to hydrolysis) is 1. The molecule has 0 bridgehead atoms. The van der Waals surface area contributed by atoms with Gasteiger partial charge in [0, 0.05) is 24.7 Å². The zero-order valence-corrected chi connectivity index (χ0v) is 16.2. The van der Waals surface area contributed by atoms with E-state index >= 15 is 0 Å². The second-order valence-electron chi connectivity index (χ2n) is 6.68. The van der Waals surface area contributed by atoms with Gasteiger partial charge in [0.2, 0.25) is 10.0 Å². The standard InChI is InChI=1S/C16H25ClN2O4S/c1-12(18-15(20)23-16(2,3)4)10-19(5)24(21,22)11-13-8-6-7-9-14(13)17/h6-9,12H,10-11H2,1-5H3,(H,18,20)/t12-/m0/s1. The van der Waals surface area contributed by atoms with E-state index in [1.54, 1.807) is 52.0 Å². The molecule has 136 valence electrons. The molecular weight excluding hydrogens is 352 g/mol. The number of carbonyl (C=O) groups is 1. The number of hydrogen-bond donors (Lipinski definition) is 1. The summed E-state index contributed by atoms with van der Waals surface area (Å²) in [6.07, 6.45) is -0.577. The maximum Gasteiger partial charge on any atom is 0.407 e. The molecule has 0 aliphatic heterocycles.